The van der Waals surface area contributed by atoms with Crippen molar-refractivity contribution in [3.05, 3.63) is 53.9 Å². The van der Waals surface area contributed by atoms with Crippen LogP contribution in [0.3, 0.4) is 0 Å². The van der Waals surface area contributed by atoms with E-state index in [-0.39, 0.29) is 5.91 Å². The van der Waals surface area contributed by atoms with E-state index < -0.39 is 0 Å². The lowest BCUT2D eigenvalue weighted by Gasteiger charge is -2.07. The van der Waals surface area contributed by atoms with Crippen LogP contribution in [0, 0.1) is 11.3 Å². The molecule has 1 aromatic heterocycles. The molecule has 2 aromatic rings. The minimum Gasteiger partial charge on any atom is -0.354 e. The second-order valence-electron chi connectivity index (χ2n) is 5.00. The summed E-state index contributed by atoms with van der Waals surface area (Å²) in [6.07, 6.45) is 3.72. The highest BCUT2D eigenvalue weighted by Crippen LogP contribution is 2.20. The SMILES string of the molecule is N#Cc1cccc(Nc2ccc(C(=O)NC3CC3)nc2)c1. The van der Waals surface area contributed by atoms with Crippen molar-refractivity contribution in [2.24, 2.45) is 0 Å². The first-order valence-electron chi connectivity index (χ1n) is 6.79. The highest BCUT2D eigenvalue weighted by molar-refractivity contribution is 5.92. The summed E-state index contributed by atoms with van der Waals surface area (Å²) in [6.45, 7) is 0. The molecule has 0 unspecified atom stereocenters. The molecule has 2 N–H and O–H groups in total. The fourth-order valence-electron chi connectivity index (χ4n) is 1.92. The van der Waals surface area contributed by atoms with Gasteiger partial charge >= 0.3 is 0 Å². The Morgan fingerprint density at radius 2 is 2.10 bits per heavy atom. The molecule has 0 spiro atoms. The molecule has 1 saturated carbocycles. The van der Waals surface area contributed by atoms with Crippen LogP contribution in [0.15, 0.2) is 42.6 Å². The van der Waals surface area contributed by atoms with Gasteiger partial charge in [-0.25, -0.2) is 4.98 Å². The van der Waals surface area contributed by atoms with Crippen molar-refractivity contribution in [2.75, 3.05) is 5.32 Å². The van der Waals surface area contributed by atoms with Crippen LogP contribution >= 0.6 is 0 Å². The van der Waals surface area contributed by atoms with Crippen molar-refractivity contribution >= 4 is 17.3 Å². The molecule has 5 nitrogen and oxygen atoms in total. The van der Waals surface area contributed by atoms with Gasteiger partial charge in [0.25, 0.3) is 5.91 Å². The average molecular weight is 278 g/mol. The number of benzene rings is 1. The van der Waals surface area contributed by atoms with Crippen LogP contribution in [0.4, 0.5) is 11.4 Å². The van der Waals surface area contributed by atoms with Crippen molar-refractivity contribution in [1.82, 2.24) is 10.3 Å². The number of hydrogen-bond donors (Lipinski definition) is 2. The van der Waals surface area contributed by atoms with Gasteiger partial charge in [0.2, 0.25) is 0 Å². The highest BCUT2D eigenvalue weighted by atomic mass is 16.2. The fraction of sp³-hybridized carbons (Fsp3) is 0.188. The van der Waals surface area contributed by atoms with Gasteiger partial charge in [-0.3, -0.25) is 4.79 Å². The normalized spacial score (nSPS) is 13.3. The fourth-order valence-corrected chi connectivity index (χ4v) is 1.92. The van der Waals surface area contributed by atoms with E-state index >= 15 is 0 Å². The average Bonchev–Trinajstić information content (AvgIpc) is 3.32. The molecule has 104 valence electrons. The first-order valence-corrected chi connectivity index (χ1v) is 6.79. The number of nitrogens with one attached hydrogen (secondary N) is 2. The minimum atomic E-state index is -0.129. The minimum absolute atomic E-state index is 0.129. The molecular weight excluding hydrogens is 264 g/mol. The Hall–Kier alpha value is -2.87. The summed E-state index contributed by atoms with van der Waals surface area (Å²) in [5.74, 6) is -0.129. The number of nitriles is 1. The van der Waals surface area contributed by atoms with E-state index in [0.717, 1.165) is 24.2 Å². The van der Waals surface area contributed by atoms with Crippen molar-refractivity contribution in [2.45, 2.75) is 18.9 Å². The molecule has 0 aliphatic heterocycles. The Kier molecular flexibility index (Phi) is 3.52. The lowest BCUT2D eigenvalue weighted by molar-refractivity contribution is 0.0946. The smallest absolute Gasteiger partial charge is 0.270 e. The molecule has 1 aliphatic rings. The molecule has 0 saturated heterocycles. The van der Waals surface area contributed by atoms with Crippen molar-refractivity contribution in [1.29, 1.82) is 5.26 Å². The zero-order valence-corrected chi connectivity index (χ0v) is 11.3. The Bertz CT molecular complexity index is 699. The van der Waals surface area contributed by atoms with Gasteiger partial charge in [-0.2, -0.15) is 5.26 Å². The van der Waals surface area contributed by atoms with E-state index in [1.54, 1.807) is 30.5 Å². The number of rotatable bonds is 4. The molecular formula is C16H14N4O. The van der Waals surface area contributed by atoms with Gasteiger partial charge in [0.15, 0.2) is 0 Å². The zero-order valence-electron chi connectivity index (χ0n) is 11.3. The molecule has 1 aliphatic carbocycles. The van der Waals surface area contributed by atoms with Crippen LogP contribution in [0.1, 0.15) is 28.9 Å². The van der Waals surface area contributed by atoms with E-state index in [1.165, 1.54) is 0 Å². The number of hydrogen-bond acceptors (Lipinski definition) is 4. The number of anilines is 2. The molecule has 1 fully saturated rings. The van der Waals surface area contributed by atoms with Gasteiger partial charge < -0.3 is 10.6 Å². The number of aromatic nitrogens is 1. The first kappa shape index (κ1) is 13.1. The maximum absolute atomic E-state index is 11.8. The molecule has 1 aromatic carbocycles. The van der Waals surface area contributed by atoms with Gasteiger partial charge in [-0.15, -0.1) is 0 Å². The van der Waals surface area contributed by atoms with Crippen molar-refractivity contribution < 1.29 is 4.79 Å². The van der Waals surface area contributed by atoms with Gasteiger partial charge in [0, 0.05) is 11.7 Å². The molecule has 1 amide bonds. The molecule has 0 atom stereocenters. The maximum atomic E-state index is 11.8. The summed E-state index contributed by atoms with van der Waals surface area (Å²) in [6, 6.07) is 13.1. The number of carbonyl (C=O) groups excluding carboxylic acids is 1. The van der Waals surface area contributed by atoms with E-state index in [9.17, 15) is 4.79 Å². The van der Waals surface area contributed by atoms with Gasteiger partial charge in [0.1, 0.15) is 5.69 Å². The largest absolute Gasteiger partial charge is 0.354 e. The summed E-state index contributed by atoms with van der Waals surface area (Å²) in [5, 5.41) is 14.9. The topological polar surface area (TPSA) is 77.8 Å². The van der Waals surface area contributed by atoms with E-state index in [1.807, 2.05) is 12.1 Å². The van der Waals surface area contributed by atoms with Crippen LogP contribution in [0.25, 0.3) is 0 Å². The molecule has 21 heavy (non-hydrogen) atoms. The predicted octanol–water partition coefficient (Wildman–Crippen LogP) is 2.59. The van der Waals surface area contributed by atoms with Gasteiger partial charge in [0.05, 0.1) is 23.5 Å². The molecule has 3 rings (SSSR count). The standard InChI is InChI=1S/C16H14N4O/c17-9-11-2-1-3-13(8-11)19-14-6-7-15(18-10-14)16(21)20-12-4-5-12/h1-3,6-8,10,12,19H,4-5H2,(H,20,21). The van der Waals surface area contributed by atoms with E-state index in [4.69, 9.17) is 5.26 Å². The van der Waals surface area contributed by atoms with Crippen LogP contribution in [0.5, 0.6) is 0 Å². The molecule has 5 heteroatoms. The summed E-state index contributed by atoms with van der Waals surface area (Å²) in [7, 11) is 0. The summed E-state index contributed by atoms with van der Waals surface area (Å²) < 4.78 is 0. The van der Waals surface area contributed by atoms with E-state index in [0.29, 0.717) is 17.3 Å². The predicted molar refractivity (Wildman–Crippen MR) is 79.2 cm³/mol. The zero-order chi connectivity index (χ0) is 14.7. The van der Waals surface area contributed by atoms with Crippen LogP contribution in [0.2, 0.25) is 0 Å². The molecule has 1 heterocycles. The third kappa shape index (κ3) is 3.37. The number of carbonyl (C=O) groups is 1. The Labute approximate surface area is 122 Å². The van der Waals surface area contributed by atoms with Crippen LogP contribution in [-0.4, -0.2) is 16.9 Å². The van der Waals surface area contributed by atoms with Crippen molar-refractivity contribution in [3.8, 4) is 6.07 Å². The Morgan fingerprint density at radius 3 is 2.76 bits per heavy atom. The van der Waals surface area contributed by atoms with E-state index in [2.05, 4.69) is 21.7 Å². The lowest BCUT2D eigenvalue weighted by atomic mass is 10.2. The third-order valence-electron chi connectivity index (χ3n) is 3.19. The summed E-state index contributed by atoms with van der Waals surface area (Å²) >= 11 is 0. The highest BCUT2D eigenvalue weighted by Gasteiger charge is 2.24. The number of pyridine rings is 1. The van der Waals surface area contributed by atoms with Crippen LogP contribution in [-0.2, 0) is 0 Å². The third-order valence-corrected chi connectivity index (χ3v) is 3.19. The lowest BCUT2D eigenvalue weighted by Crippen LogP contribution is -2.26. The van der Waals surface area contributed by atoms with Crippen LogP contribution < -0.4 is 10.6 Å². The number of nitrogens with zero attached hydrogens (tertiary/aromatic N) is 2. The van der Waals surface area contributed by atoms with Gasteiger partial charge in [-0.05, 0) is 43.2 Å². The maximum Gasteiger partial charge on any atom is 0.270 e. The summed E-state index contributed by atoms with van der Waals surface area (Å²) in [4.78, 5) is 16.0. The Morgan fingerprint density at radius 1 is 1.24 bits per heavy atom. The second kappa shape index (κ2) is 5.63. The number of amides is 1. The molecule has 0 radical (unpaired) electrons. The summed E-state index contributed by atoms with van der Waals surface area (Å²) in [5.41, 5.74) is 2.59. The first-order chi connectivity index (χ1) is 10.2. The quantitative estimate of drug-likeness (QED) is 0.901. The van der Waals surface area contributed by atoms with Crippen molar-refractivity contribution in [3.63, 3.8) is 0 Å². The van der Waals surface area contributed by atoms with Gasteiger partial charge in [-0.1, -0.05) is 6.07 Å². The Balaban J connectivity index is 1.68. The monoisotopic (exact) mass is 278 g/mol. The second-order valence-corrected chi connectivity index (χ2v) is 5.00. The molecule has 0 bridgehead atoms.